The molecule has 112 valence electrons. The Hall–Kier alpha value is -0.940. The Balaban J connectivity index is 2.54. The highest BCUT2D eigenvalue weighted by Crippen LogP contribution is 2.19. The lowest BCUT2D eigenvalue weighted by Crippen LogP contribution is -2.26. The highest BCUT2D eigenvalue weighted by molar-refractivity contribution is 8.00. The molecule has 1 atom stereocenters. The number of Topliss-reactive ketones (excluding diaryl/α,β-unsaturated/α-hetero) is 1. The molecule has 2 nitrogen and oxygen atoms in total. The lowest BCUT2D eigenvalue weighted by molar-refractivity contribution is 0.0990. The summed E-state index contributed by atoms with van der Waals surface area (Å²) in [5.41, 5.74) is -0.0331. The number of halogens is 2. The standard InChI is InChI=1S/C15H21F2NOS/c1-4-18(5-2)8-9-20-11(3)15(19)13-7-6-12(16)10-14(13)17/h6-7,10-11H,4-5,8-9H2,1-3H3. The van der Waals surface area contributed by atoms with Crippen molar-refractivity contribution in [2.24, 2.45) is 0 Å². The van der Waals surface area contributed by atoms with Gasteiger partial charge in [-0.3, -0.25) is 4.79 Å². The fourth-order valence-corrected chi connectivity index (χ4v) is 2.88. The minimum Gasteiger partial charge on any atom is -0.303 e. The third kappa shape index (κ3) is 4.87. The molecule has 1 aromatic rings. The molecule has 0 saturated carbocycles. The van der Waals surface area contributed by atoms with Crippen molar-refractivity contribution in [1.82, 2.24) is 4.90 Å². The topological polar surface area (TPSA) is 20.3 Å². The van der Waals surface area contributed by atoms with Crippen LogP contribution in [0, 0.1) is 11.6 Å². The van der Waals surface area contributed by atoms with E-state index in [1.807, 2.05) is 0 Å². The van der Waals surface area contributed by atoms with Crippen LogP contribution in [-0.2, 0) is 0 Å². The molecule has 0 bridgehead atoms. The molecule has 0 saturated heterocycles. The largest absolute Gasteiger partial charge is 0.303 e. The van der Waals surface area contributed by atoms with Gasteiger partial charge in [0.2, 0.25) is 0 Å². The van der Waals surface area contributed by atoms with Crippen molar-refractivity contribution in [2.45, 2.75) is 26.0 Å². The number of thioether (sulfide) groups is 1. The van der Waals surface area contributed by atoms with Gasteiger partial charge < -0.3 is 4.90 Å². The van der Waals surface area contributed by atoms with Gasteiger partial charge in [-0.05, 0) is 32.1 Å². The molecule has 0 N–H and O–H groups in total. The summed E-state index contributed by atoms with van der Waals surface area (Å²) in [6, 6.07) is 3.08. The lowest BCUT2D eigenvalue weighted by Gasteiger charge is -2.18. The summed E-state index contributed by atoms with van der Waals surface area (Å²) >= 11 is 1.50. The average Bonchev–Trinajstić information content (AvgIpc) is 2.42. The molecule has 0 amide bonds. The Morgan fingerprint density at radius 1 is 1.30 bits per heavy atom. The fourth-order valence-electron chi connectivity index (χ4n) is 1.88. The van der Waals surface area contributed by atoms with Gasteiger partial charge in [-0.2, -0.15) is 0 Å². The zero-order chi connectivity index (χ0) is 15.1. The van der Waals surface area contributed by atoms with Crippen molar-refractivity contribution in [1.29, 1.82) is 0 Å². The molecular formula is C15H21F2NOS. The first-order valence-electron chi connectivity index (χ1n) is 6.82. The van der Waals surface area contributed by atoms with Gasteiger partial charge in [-0.15, -0.1) is 11.8 Å². The SMILES string of the molecule is CCN(CC)CCSC(C)C(=O)c1ccc(F)cc1F. The van der Waals surface area contributed by atoms with E-state index in [4.69, 9.17) is 0 Å². The number of hydrogen-bond acceptors (Lipinski definition) is 3. The van der Waals surface area contributed by atoms with E-state index >= 15 is 0 Å². The molecule has 0 aliphatic rings. The Labute approximate surface area is 123 Å². The van der Waals surface area contributed by atoms with Crippen LogP contribution in [0.5, 0.6) is 0 Å². The first kappa shape index (κ1) is 17.1. The minimum atomic E-state index is -0.786. The number of nitrogens with zero attached hydrogens (tertiary/aromatic N) is 1. The smallest absolute Gasteiger partial charge is 0.178 e. The minimum absolute atomic E-state index is 0.0331. The molecule has 0 radical (unpaired) electrons. The molecule has 0 aromatic heterocycles. The number of carbonyl (C=O) groups is 1. The second-order valence-corrected chi connectivity index (χ2v) is 5.98. The van der Waals surface area contributed by atoms with Crippen LogP contribution >= 0.6 is 11.8 Å². The van der Waals surface area contributed by atoms with Gasteiger partial charge in [-0.1, -0.05) is 13.8 Å². The second kappa shape index (κ2) is 8.37. The predicted molar refractivity (Wildman–Crippen MR) is 80.4 cm³/mol. The van der Waals surface area contributed by atoms with Crippen molar-refractivity contribution in [3.63, 3.8) is 0 Å². The summed E-state index contributed by atoms with van der Waals surface area (Å²) in [5, 5.41) is -0.328. The van der Waals surface area contributed by atoms with Gasteiger partial charge in [0, 0.05) is 18.4 Å². The van der Waals surface area contributed by atoms with Crippen LogP contribution in [0.4, 0.5) is 8.78 Å². The normalized spacial score (nSPS) is 12.7. The van der Waals surface area contributed by atoms with Crippen molar-refractivity contribution < 1.29 is 13.6 Å². The molecular weight excluding hydrogens is 280 g/mol. The number of hydrogen-bond donors (Lipinski definition) is 0. The maximum atomic E-state index is 13.5. The number of carbonyl (C=O) groups excluding carboxylic acids is 1. The molecule has 1 unspecified atom stereocenters. The third-order valence-corrected chi connectivity index (χ3v) is 4.37. The quantitative estimate of drug-likeness (QED) is 0.684. The Bertz CT molecular complexity index is 449. The Kier molecular flexibility index (Phi) is 7.16. The summed E-state index contributed by atoms with van der Waals surface area (Å²) in [6.07, 6.45) is 0. The van der Waals surface area contributed by atoms with Crippen molar-refractivity contribution >= 4 is 17.5 Å². The zero-order valence-electron chi connectivity index (χ0n) is 12.2. The first-order chi connectivity index (χ1) is 9.49. The van der Waals surface area contributed by atoms with Crippen LogP contribution in [0.15, 0.2) is 18.2 Å². The van der Waals surface area contributed by atoms with Gasteiger partial charge in [-0.25, -0.2) is 8.78 Å². The molecule has 1 rings (SSSR count). The van der Waals surface area contributed by atoms with E-state index in [9.17, 15) is 13.6 Å². The molecule has 0 fully saturated rings. The van der Waals surface area contributed by atoms with Crippen LogP contribution in [0.1, 0.15) is 31.1 Å². The van der Waals surface area contributed by atoms with Crippen molar-refractivity contribution in [2.75, 3.05) is 25.4 Å². The molecule has 0 heterocycles. The fraction of sp³-hybridized carbons (Fsp3) is 0.533. The van der Waals surface area contributed by atoms with E-state index in [2.05, 4.69) is 18.7 Å². The van der Waals surface area contributed by atoms with E-state index in [-0.39, 0.29) is 16.6 Å². The molecule has 0 aliphatic carbocycles. The monoisotopic (exact) mass is 301 g/mol. The van der Waals surface area contributed by atoms with Gasteiger partial charge in [0.1, 0.15) is 11.6 Å². The van der Waals surface area contributed by atoms with Gasteiger partial charge in [0.05, 0.1) is 10.8 Å². The van der Waals surface area contributed by atoms with E-state index < -0.39 is 11.6 Å². The van der Waals surface area contributed by atoms with Crippen LogP contribution < -0.4 is 0 Å². The van der Waals surface area contributed by atoms with Crippen molar-refractivity contribution in [3.05, 3.63) is 35.4 Å². The van der Waals surface area contributed by atoms with Crippen LogP contribution in [0.25, 0.3) is 0 Å². The third-order valence-electron chi connectivity index (χ3n) is 3.24. The lowest BCUT2D eigenvalue weighted by atomic mass is 10.1. The van der Waals surface area contributed by atoms with Crippen molar-refractivity contribution in [3.8, 4) is 0 Å². The maximum Gasteiger partial charge on any atom is 0.178 e. The van der Waals surface area contributed by atoms with Crippen LogP contribution in [0.3, 0.4) is 0 Å². The van der Waals surface area contributed by atoms with Crippen LogP contribution in [0.2, 0.25) is 0 Å². The zero-order valence-corrected chi connectivity index (χ0v) is 13.0. The Morgan fingerprint density at radius 2 is 1.95 bits per heavy atom. The predicted octanol–water partition coefficient (Wildman–Crippen LogP) is 3.61. The Morgan fingerprint density at radius 3 is 2.50 bits per heavy atom. The number of benzene rings is 1. The van der Waals surface area contributed by atoms with Gasteiger partial charge >= 0.3 is 0 Å². The number of rotatable bonds is 8. The summed E-state index contributed by atoms with van der Waals surface area (Å²) in [6.45, 7) is 8.81. The summed E-state index contributed by atoms with van der Waals surface area (Å²) in [5.74, 6) is -0.920. The van der Waals surface area contributed by atoms with E-state index in [0.717, 1.165) is 37.5 Å². The summed E-state index contributed by atoms with van der Waals surface area (Å²) in [7, 11) is 0. The highest BCUT2D eigenvalue weighted by atomic mass is 32.2. The maximum absolute atomic E-state index is 13.5. The summed E-state index contributed by atoms with van der Waals surface area (Å²) < 4.78 is 26.4. The molecule has 5 heteroatoms. The van der Waals surface area contributed by atoms with Gasteiger partial charge in [0.15, 0.2) is 5.78 Å². The van der Waals surface area contributed by atoms with E-state index in [0.29, 0.717) is 0 Å². The second-order valence-electron chi connectivity index (χ2n) is 4.53. The van der Waals surface area contributed by atoms with E-state index in [1.165, 1.54) is 17.8 Å². The van der Waals surface area contributed by atoms with Crippen LogP contribution in [-0.4, -0.2) is 41.3 Å². The summed E-state index contributed by atoms with van der Waals surface area (Å²) in [4.78, 5) is 14.4. The highest BCUT2D eigenvalue weighted by Gasteiger charge is 2.19. The average molecular weight is 301 g/mol. The molecule has 20 heavy (non-hydrogen) atoms. The molecule has 0 aliphatic heterocycles. The molecule has 0 spiro atoms. The first-order valence-corrected chi connectivity index (χ1v) is 7.87. The molecule has 1 aromatic carbocycles. The number of ketones is 1. The van der Waals surface area contributed by atoms with E-state index in [1.54, 1.807) is 6.92 Å². The van der Waals surface area contributed by atoms with Gasteiger partial charge in [0.25, 0.3) is 0 Å².